The third-order valence-corrected chi connectivity index (χ3v) is 15.7. The van der Waals surface area contributed by atoms with Crippen LogP contribution in [0.4, 0.5) is 4.39 Å². The van der Waals surface area contributed by atoms with E-state index in [0.29, 0.717) is 17.4 Å². The van der Waals surface area contributed by atoms with Crippen molar-refractivity contribution >= 4 is 74.7 Å². The summed E-state index contributed by atoms with van der Waals surface area (Å²) in [6, 6.07) is 9.67. The number of benzene rings is 4. The Bertz CT molecular complexity index is 3310. The summed E-state index contributed by atoms with van der Waals surface area (Å²) >= 11 is 0.629. The minimum Gasteiger partial charge on any atom is -0.489 e. The number of fused-ring (bicyclic) bond motifs is 5. The van der Waals surface area contributed by atoms with Gasteiger partial charge in [-0.1, -0.05) is 0 Å². The van der Waals surface area contributed by atoms with Gasteiger partial charge in [0.2, 0.25) is 0 Å². The molecule has 0 saturated heterocycles. The number of aryl methyl sites for hydroxylation is 1. The predicted octanol–water partition coefficient (Wildman–Crippen LogP) is 4.58. The maximum absolute atomic E-state index is 14.3. The average Bonchev–Trinajstić information content (AvgIpc) is 3.59. The van der Waals surface area contributed by atoms with E-state index >= 15 is 0 Å². The number of aliphatic carboxylic acids is 4. The fraction of sp³-hybridized carbons (Fsp3) is 0.267. The van der Waals surface area contributed by atoms with Gasteiger partial charge in [-0.25, -0.2) is 17.4 Å². The second kappa shape index (κ2) is 19.5. The van der Waals surface area contributed by atoms with Gasteiger partial charge >= 0.3 is 31.5 Å². The first-order valence-electron chi connectivity index (χ1n) is 20.8. The molecular weight excluding hydrogens is 983 g/mol. The number of amides is 2. The van der Waals surface area contributed by atoms with Crippen molar-refractivity contribution in [2.45, 2.75) is 62.9 Å². The lowest BCUT2D eigenvalue weighted by molar-refractivity contribution is -0.137. The minimum absolute atomic E-state index is 0.0181. The average molecular weight is 1020 g/mol. The molecule has 0 fully saturated rings. The van der Waals surface area contributed by atoms with Gasteiger partial charge in [0.15, 0.2) is 0 Å². The van der Waals surface area contributed by atoms with Crippen molar-refractivity contribution < 1.29 is 85.5 Å². The third kappa shape index (κ3) is 10.4. The van der Waals surface area contributed by atoms with E-state index < -0.39 is 113 Å². The number of carbonyl (C=O) groups is 6. The van der Waals surface area contributed by atoms with Crippen LogP contribution < -0.4 is 29.4 Å². The van der Waals surface area contributed by atoms with E-state index in [9.17, 15) is 71.5 Å². The van der Waals surface area contributed by atoms with Gasteiger partial charge in [0.25, 0.3) is 21.8 Å². The molecule has 0 aliphatic carbocycles. The van der Waals surface area contributed by atoms with Crippen molar-refractivity contribution in [2.75, 3.05) is 19.4 Å². The smallest absolute Gasteiger partial charge is 0.391 e. The van der Waals surface area contributed by atoms with Crippen LogP contribution >= 0.6 is 18.9 Å². The monoisotopic (exact) mass is 1020 g/mol. The number of hydrogen-bond acceptors (Lipinski definition) is 14. The first-order valence-corrected chi connectivity index (χ1v) is 24.9. The Morgan fingerprint density at radius 3 is 1.73 bits per heavy atom. The van der Waals surface area contributed by atoms with Crippen LogP contribution in [0, 0.1) is 24.1 Å². The lowest BCUT2D eigenvalue weighted by Crippen LogP contribution is -2.37. The summed E-state index contributed by atoms with van der Waals surface area (Å²) in [5, 5.41) is 55.1. The highest BCUT2D eigenvalue weighted by Crippen LogP contribution is 2.49. The van der Waals surface area contributed by atoms with Gasteiger partial charge in [0.1, 0.15) is 51.8 Å². The Labute approximate surface area is 400 Å². The Kier molecular flexibility index (Phi) is 14.1. The number of ether oxygens (including phenoxy) is 2. The third-order valence-electron chi connectivity index (χ3n) is 11.1. The Hall–Kier alpha value is -7.42. The number of carboxylic acid groups (broad SMARTS) is 4. The molecule has 21 nitrogen and oxygen atoms in total. The number of sulfonamides is 1. The van der Waals surface area contributed by atoms with E-state index in [-0.39, 0.29) is 101 Å². The first kappa shape index (κ1) is 50.5. The molecule has 366 valence electrons. The molecule has 2 amide bonds. The van der Waals surface area contributed by atoms with Crippen LogP contribution in [0.5, 0.6) is 17.2 Å². The molecule has 4 aromatic carbocycles. The van der Waals surface area contributed by atoms with Crippen molar-refractivity contribution in [1.82, 2.24) is 15.4 Å². The molecule has 8 N–H and O–H groups in total. The largest absolute Gasteiger partial charge is 0.489 e. The van der Waals surface area contributed by atoms with Crippen molar-refractivity contribution in [3.8, 4) is 45.6 Å². The topological polar surface area (TPSA) is 342 Å². The summed E-state index contributed by atoms with van der Waals surface area (Å²) < 4.78 is 74.6. The number of carbonyl (C=O) groups excluding carboxylic acids is 2. The second-order valence-electron chi connectivity index (χ2n) is 16.3. The highest BCUT2D eigenvalue weighted by molar-refractivity contribution is 7.92. The van der Waals surface area contributed by atoms with Crippen molar-refractivity contribution in [1.29, 1.82) is 5.26 Å². The number of carboxylic acids is 4. The molecule has 3 unspecified atom stereocenters. The van der Waals surface area contributed by atoms with Gasteiger partial charge in [-0.2, -0.15) is 9.98 Å². The van der Waals surface area contributed by atoms with Crippen LogP contribution in [0.1, 0.15) is 67.9 Å². The standard InChI is InChI=1S/C45H40FN4O17PS2/c1-19-16-48-43(59)41-29(11-37(51)52)26(8-34(65-19)31(41)13-39(55)56)25-7-24-21(3)45(70(63,64)50-18-68(61,62)67-23-5-4-22(15-47)33(46)6-23)69-36(24)10-28(25)27-9-35-32(14-40(57)58)42(30(27)12-38(53)54)44(60)49-17-20(2)66-35/h4-10,19-20,50H,11-14,16-18H2,1-3H3,(H,48,59)(H,49,60)(H,51,52)(H,53,54)(H,55,56)(H,57,58)(H,61,62). The van der Waals surface area contributed by atoms with Gasteiger partial charge < -0.3 is 50.0 Å². The van der Waals surface area contributed by atoms with Gasteiger partial charge in [-0.15, -0.1) is 11.3 Å². The van der Waals surface area contributed by atoms with Crippen LogP contribution in [0.2, 0.25) is 0 Å². The van der Waals surface area contributed by atoms with Crippen LogP contribution in [0.3, 0.4) is 0 Å². The summed E-state index contributed by atoms with van der Waals surface area (Å²) in [6.45, 7) is 4.38. The van der Waals surface area contributed by atoms with E-state index in [1.165, 1.54) is 31.2 Å². The maximum atomic E-state index is 14.3. The molecule has 70 heavy (non-hydrogen) atoms. The van der Waals surface area contributed by atoms with Crippen LogP contribution in [0.25, 0.3) is 32.3 Å². The predicted molar refractivity (Wildman–Crippen MR) is 244 cm³/mol. The molecular formula is C45H40FN4O17PS2. The minimum atomic E-state index is -4.92. The first-order chi connectivity index (χ1) is 32.9. The highest BCUT2D eigenvalue weighted by Gasteiger charge is 2.35. The fourth-order valence-corrected chi connectivity index (χ4v) is 12.6. The molecule has 0 saturated carbocycles. The highest BCUT2D eigenvalue weighted by atomic mass is 32.2. The van der Waals surface area contributed by atoms with Crippen LogP contribution in [-0.4, -0.2) is 101 Å². The van der Waals surface area contributed by atoms with Crippen LogP contribution in [0.15, 0.2) is 46.7 Å². The fourth-order valence-electron chi connectivity index (χ4n) is 8.24. The lowest BCUT2D eigenvalue weighted by atomic mass is 9.81. The molecule has 7 rings (SSSR count). The van der Waals surface area contributed by atoms with Gasteiger partial charge in [0, 0.05) is 21.9 Å². The summed E-state index contributed by atoms with van der Waals surface area (Å²) in [7, 11) is -9.69. The molecule has 0 spiro atoms. The summed E-state index contributed by atoms with van der Waals surface area (Å²) in [5.74, 6) is -9.31. The van der Waals surface area contributed by atoms with E-state index in [0.717, 1.165) is 12.1 Å². The number of nitriles is 1. The Morgan fingerprint density at radius 1 is 0.800 bits per heavy atom. The van der Waals surface area contributed by atoms with Gasteiger partial charge in [-0.05, 0) is 101 Å². The lowest BCUT2D eigenvalue weighted by Gasteiger charge is -2.29. The van der Waals surface area contributed by atoms with E-state index in [1.54, 1.807) is 19.9 Å². The van der Waals surface area contributed by atoms with Gasteiger partial charge in [0.05, 0.1) is 55.5 Å². The molecule has 3 heterocycles. The summed E-state index contributed by atoms with van der Waals surface area (Å²) in [6.07, 6.45) is -6.21. The number of hydrogen-bond donors (Lipinski definition) is 8. The molecule has 3 atom stereocenters. The van der Waals surface area contributed by atoms with E-state index in [4.69, 9.17) is 19.3 Å². The quantitative estimate of drug-likeness (QED) is 0.0627. The van der Waals surface area contributed by atoms with Crippen molar-refractivity contribution in [3.05, 3.63) is 92.8 Å². The molecule has 4 bridgehead atoms. The van der Waals surface area contributed by atoms with Crippen LogP contribution in [-0.2, 0) is 59.4 Å². The molecule has 25 heteroatoms. The SMILES string of the molecule is Cc1c(S(=O)(=O)NCP(=O)(O)Oc2ccc(C#N)c(F)c2)sc2cc(-c3cc4c(CC(=O)O)c(c3CC(=O)O)C(=O)NCC(C)O4)c(-c3cc4c(CC(=O)O)c(c3CC(=O)O)C(=O)NCC(C)O4)cc12. The molecule has 2 aliphatic rings. The van der Waals surface area contributed by atoms with E-state index in [2.05, 4.69) is 10.6 Å². The Balaban J connectivity index is 1.54. The molecule has 5 aromatic rings. The zero-order valence-corrected chi connectivity index (χ0v) is 39.4. The van der Waals surface area contributed by atoms with Crippen molar-refractivity contribution in [3.63, 3.8) is 0 Å². The number of halogens is 1. The number of thiophene rings is 1. The summed E-state index contributed by atoms with van der Waals surface area (Å²) in [5.41, 5.74) is -2.14. The second-order valence-corrected chi connectivity index (χ2v) is 21.1. The molecule has 2 aliphatic heterocycles. The zero-order chi connectivity index (χ0) is 51.1. The number of nitrogens with one attached hydrogen (secondary N) is 3. The zero-order valence-electron chi connectivity index (χ0n) is 36.9. The molecule has 1 aromatic heterocycles. The van der Waals surface area contributed by atoms with E-state index in [1.807, 2.05) is 4.72 Å². The van der Waals surface area contributed by atoms with Gasteiger partial charge in [-0.3, -0.25) is 28.8 Å². The maximum Gasteiger partial charge on any atom is 0.391 e. The number of rotatable bonds is 16. The Morgan fingerprint density at radius 2 is 1.27 bits per heavy atom. The summed E-state index contributed by atoms with van der Waals surface area (Å²) in [4.78, 5) is 88.8. The number of nitrogens with zero attached hydrogens (tertiary/aromatic N) is 1. The normalized spacial score (nSPS) is 16.4. The van der Waals surface area contributed by atoms with Crippen molar-refractivity contribution in [2.24, 2.45) is 0 Å². The molecule has 0 radical (unpaired) electrons.